The number of carbonyl (C=O) groups excluding carboxylic acids is 4. The Hall–Kier alpha value is -6.60. The van der Waals surface area contributed by atoms with Crippen LogP contribution in [0.4, 0.5) is 38.5 Å². The molecule has 20 heteroatoms. The Morgan fingerprint density at radius 3 is 1.71 bits per heavy atom. The largest absolute Gasteiger partial charge is 0.453 e. The molecule has 2 aromatic heterocycles. The number of halogens is 4. The predicted octanol–water partition coefficient (Wildman–Crippen LogP) is 8.13. The van der Waals surface area contributed by atoms with Gasteiger partial charge in [0.15, 0.2) is 23.3 Å². The van der Waals surface area contributed by atoms with Gasteiger partial charge < -0.3 is 49.7 Å². The summed E-state index contributed by atoms with van der Waals surface area (Å²) in [6, 6.07) is 7.63. The van der Waals surface area contributed by atoms with Gasteiger partial charge >= 0.3 is 12.2 Å². The number of likely N-dealkylation sites (tertiary alicyclic amines) is 2. The van der Waals surface area contributed by atoms with Gasteiger partial charge in [-0.15, -0.1) is 0 Å². The summed E-state index contributed by atoms with van der Waals surface area (Å²) >= 11 is 0. The van der Waals surface area contributed by atoms with Crippen LogP contribution in [0.2, 0.25) is 0 Å². The van der Waals surface area contributed by atoms with E-state index in [-0.39, 0.29) is 37.4 Å². The molecule has 6 heterocycles. The summed E-state index contributed by atoms with van der Waals surface area (Å²) in [5, 5.41) is 5.09. The third-order valence-corrected chi connectivity index (χ3v) is 14.1. The first-order valence-corrected chi connectivity index (χ1v) is 23.4. The molecule has 1 unspecified atom stereocenters. The van der Waals surface area contributed by atoms with Gasteiger partial charge in [-0.1, -0.05) is 26.0 Å². The minimum Gasteiger partial charge on any atom is -0.453 e. The number of piperidine rings is 1. The first-order chi connectivity index (χ1) is 32.8. The predicted molar refractivity (Wildman–Crippen MR) is 244 cm³/mol. The molecule has 0 saturated carbocycles. The summed E-state index contributed by atoms with van der Waals surface area (Å²) in [4.78, 5) is 73.5. The van der Waals surface area contributed by atoms with Crippen LogP contribution in [0.3, 0.4) is 0 Å². The lowest BCUT2D eigenvalue weighted by Gasteiger charge is -2.35. The Labute approximate surface area is 390 Å². The Morgan fingerprint density at radius 2 is 1.18 bits per heavy atom. The number of aromatic nitrogens is 4. The maximum atomic E-state index is 16.9. The zero-order valence-electron chi connectivity index (χ0n) is 38.5. The van der Waals surface area contributed by atoms with Crippen molar-refractivity contribution in [1.82, 2.24) is 40.4 Å². The maximum Gasteiger partial charge on any atom is 0.407 e. The minimum atomic E-state index is -1.48. The molecule has 5 aromatic rings. The van der Waals surface area contributed by atoms with E-state index in [0.717, 1.165) is 12.8 Å². The fourth-order valence-electron chi connectivity index (χ4n) is 10.7. The van der Waals surface area contributed by atoms with Crippen LogP contribution in [0.15, 0.2) is 36.4 Å². The zero-order chi connectivity index (χ0) is 48.0. The van der Waals surface area contributed by atoms with Crippen molar-refractivity contribution in [3.63, 3.8) is 0 Å². The van der Waals surface area contributed by atoms with E-state index in [1.165, 1.54) is 24.0 Å². The summed E-state index contributed by atoms with van der Waals surface area (Å²) in [7, 11) is 2.45. The van der Waals surface area contributed by atoms with Crippen LogP contribution >= 0.6 is 0 Å². The lowest BCUT2D eigenvalue weighted by Crippen LogP contribution is -2.51. The van der Waals surface area contributed by atoms with Crippen LogP contribution in [-0.2, 0) is 19.1 Å². The quantitative estimate of drug-likeness (QED) is 0.0746. The number of imidazole rings is 2. The van der Waals surface area contributed by atoms with Crippen molar-refractivity contribution >= 4 is 57.4 Å². The number of carbonyl (C=O) groups is 4. The molecule has 4 N–H and O–H groups in total. The Morgan fingerprint density at radius 1 is 0.662 bits per heavy atom. The van der Waals surface area contributed by atoms with E-state index >= 15 is 17.6 Å². The van der Waals surface area contributed by atoms with Crippen LogP contribution in [0, 0.1) is 29.2 Å². The van der Waals surface area contributed by atoms with Gasteiger partial charge in [-0.05, 0) is 99.1 Å². The average molecular weight is 945 g/mol. The fraction of sp³-hybridized carbons (Fsp3) is 0.500. The van der Waals surface area contributed by atoms with Crippen molar-refractivity contribution in [3.05, 3.63) is 82.4 Å². The van der Waals surface area contributed by atoms with Crippen LogP contribution < -0.4 is 20.4 Å². The van der Waals surface area contributed by atoms with Crippen molar-refractivity contribution in [2.75, 3.05) is 56.7 Å². The van der Waals surface area contributed by atoms with Crippen LogP contribution in [0.25, 0.3) is 22.1 Å². The first kappa shape index (κ1) is 46.5. The standard InChI is InChI=1S/C48H56F4N10O6/c1-25(2)41(58-48(66)68-4)46(64)61-21-9-11-35(61)45-55-29-15-13-27(23-31(29)57-45)33-17-16-32(62(33)43-39(51)37(49)42(38(50)40(43)52)59-18-6-5-7-19-59)26-12-14-28-30(22-26)56-44(54-28)34-10-8-20-60(34)36(63)24-53-47(65)67-3/h12-15,22-23,25,32-35,41H,5-11,16-21,24H2,1-4H3,(H,53,65)(H,54,56)(H,55,57)(H,58,66)/t32-,33-,34+,35+,41?/m1/s1. The van der Waals surface area contributed by atoms with Gasteiger partial charge in [0, 0.05) is 26.2 Å². The number of hydrogen-bond donors (Lipinski definition) is 4. The Balaban J connectivity index is 1.07. The molecule has 4 fully saturated rings. The van der Waals surface area contributed by atoms with Gasteiger partial charge in [0.05, 0.1) is 60.5 Å². The number of benzene rings is 3. The number of amides is 4. The molecule has 9 rings (SSSR count). The molecule has 16 nitrogen and oxygen atoms in total. The second-order valence-electron chi connectivity index (χ2n) is 18.5. The summed E-state index contributed by atoms with van der Waals surface area (Å²) < 4.78 is 75.9. The number of alkyl carbamates (subject to hydrolysis) is 2. The Bertz CT molecular complexity index is 2710. The van der Waals surface area contributed by atoms with Crippen LogP contribution in [-0.4, -0.2) is 107 Å². The Kier molecular flexibility index (Phi) is 13.1. The molecule has 4 saturated heterocycles. The fourth-order valence-corrected chi connectivity index (χ4v) is 10.7. The van der Waals surface area contributed by atoms with Gasteiger partial charge in [0.1, 0.15) is 35.6 Å². The molecule has 68 heavy (non-hydrogen) atoms. The van der Waals surface area contributed by atoms with E-state index in [4.69, 9.17) is 14.7 Å². The molecule has 362 valence electrons. The summed E-state index contributed by atoms with van der Waals surface area (Å²) in [6.07, 6.45) is 4.06. The van der Waals surface area contributed by atoms with E-state index in [1.54, 1.807) is 46.2 Å². The number of hydrogen-bond acceptors (Lipinski definition) is 10. The molecule has 4 aliphatic heterocycles. The molecule has 4 amide bonds. The lowest BCUT2D eigenvalue weighted by molar-refractivity contribution is -0.135. The van der Waals surface area contributed by atoms with E-state index in [9.17, 15) is 19.2 Å². The highest BCUT2D eigenvalue weighted by molar-refractivity contribution is 5.87. The third kappa shape index (κ3) is 8.61. The van der Waals surface area contributed by atoms with Crippen molar-refractivity contribution in [3.8, 4) is 0 Å². The molecule has 4 aliphatic rings. The van der Waals surface area contributed by atoms with Crippen LogP contribution in [0.5, 0.6) is 0 Å². The number of nitrogens with one attached hydrogen (secondary N) is 4. The molecule has 5 atom stereocenters. The summed E-state index contributed by atoms with van der Waals surface area (Å²) in [6.45, 7) is 4.89. The van der Waals surface area contributed by atoms with E-state index in [2.05, 4.69) is 25.3 Å². The molecule has 0 radical (unpaired) electrons. The van der Waals surface area contributed by atoms with Gasteiger partial charge in [0.25, 0.3) is 0 Å². The highest BCUT2D eigenvalue weighted by atomic mass is 19.2. The van der Waals surface area contributed by atoms with Gasteiger partial charge in [0.2, 0.25) is 11.8 Å². The minimum absolute atomic E-state index is 0.223. The highest BCUT2D eigenvalue weighted by Gasteiger charge is 2.43. The average Bonchev–Trinajstić information content (AvgIpc) is 4.21. The van der Waals surface area contributed by atoms with Crippen molar-refractivity contribution in [2.24, 2.45) is 5.92 Å². The van der Waals surface area contributed by atoms with E-state index in [0.29, 0.717) is 103 Å². The first-order valence-electron chi connectivity index (χ1n) is 23.4. The highest BCUT2D eigenvalue weighted by Crippen LogP contribution is 2.51. The number of rotatable bonds is 11. The molecular formula is C48H56F4N10O6. The SMILES string of the molecule is COC(=O)NCC(=O)N1CCC[C@H]1c1nc2cc([C@H]3CC[C@H](c4ccc5[nH]c([C@@H]6CCCN6C(=O)C(NC(=O)OC)C(C)C)nc5c4)N3c3c(F)c(F)c(N4CCCCC4)c(F)c3F)ccc2[nH]1. The van der Waals surface area contributed by atoms with Crippen LogP contribution in [0.1, 0.15) is 119 Å². The molecular weight excluding hydrogens is 889 g/mol. The number of nitrogens with zero attached hydrogens (tertiary/aromatic N) is 6. The molecule has 0 aliphatic carbocycles. The molecule has 0 bridgehead atoms. The number of ether oxygens (including phenoxy) is 2. The van der Waals surface area contributed by atoms with Gasteiger partial charge in [-0.2, -0.15) is 0 Å². The number of anilines is 2. The molecule has 3 aromatic carbocycles. The second-order valence-corrected chi connectivity index (χ2v) is 18.5. The molecule has 0 spiro atoms. The summed E-state index contributed by atoms with van der Waals surface area (Å²) in [5.41, 5.74) is 2.06. The normalized spacial score (nSPS) is 21.3. The number of methoxy groups -OCH3 is 2. The van der Waals surface area contributed by atoms with Crippen molar-refractivity contribution in [2.45, 2.75) is 102 Å². The van der Waals surface area contributed by atoms with Crippen molar-refractivity contribution in [1.29, 1.82) is 0 Å². The van der Waals surface area contributed by atoms with Gasteiger partial charge in [-0.3, -0.25) is 9.59 Å². The van der Waals surface area contributed by atoms with E-state index in [1.807, 2.05) is 13.8 Å². The van der Waals surface area contributed by atoms with Gasteiger partial charge in [-0.25, -0.2) is 37.1 Å². The number of H-pyrrole nitrogens is 2. The second kappa shape index (κ2) is 19.2. The zero-order valence-corrected chi connectivity index (χ0v) is 38.5. The third-order valence-electron chi connectivity index (χ3n) is 14.1. The topological polar surface area (TPSA) is 181 Å². The maximum absolute atomic E-state index is 16.9. The van der Waals surface area contributed by atoms with Crippen molar-refractivity contribution < 1.29 is 46.2 Å². The monoisotopic (exact) mass is 944 g/mol. The lowest BCUT2D eigenvalue weighted by atomic mass is 10.0. The number of fused-ring (bicyclic) bond motifs is 2. The van der Waals surface area contributed by atoms with E-state index < -0.39 is 77.0 Å². The smallest absolute Gasteiger partial charge is 0.407 e. The summed E-state index contributed by atoms with van der Waals surface area (Å²) in [5.74, 6) is -5.56. The number of aromatic amines is 2.